The molecule has 3 aromatic rings. The van der Waals surface area contributed by atoms with Crippen LogP contribution >= 0.6 is 0 Å². The van der Waals surface area contributed by atoms with Gasteiger partial charge in [0.05, 0.1) is 6.07 Å². The van der Waals surface area contributed by atoms with Gasteiger partial charge in [-0.05, 0) is 34.4 Å². The average Bonchev–Trinajstić information content (AvgIpc) is 2.63. The molecule has 0 heterocycles. The Balaban J connectivity index is 2.10. The van der Waals surface area contributed by atoms with Crippen molar-refractivity contribution < 1.29 is 5.11 Å². The SMILES string of the molecule is CC[C@](C#N)(c1ccccc1)[C@@H](O)c1ccc2ccccc2c1. The topological polar surface area (TPSA) is 44.0 Å². The first-order valence-electron chi connectivity index (χ1n) is 7.85. The maximum atomic E-state index is 11.0. The maximum absolute atomic E-state index is 11.0. The second-order valence-corrected chi connectivity index (χ2v) is 5.81. The molecule has 1 N–H and O–H groups in total. The third-order valence-electron chi connectivity index (χ3n) is 4.60. The fourth-order valence-corrected chi connectivity index (χ4v) is 3.16. The number of fused-ring (bicyclic) bond motifs is 1. The zero-order valence-electron chi connectivity index (χ0n) is 13.1. The number of benzene rings is 3. The molecular formula is C21H19NO. The summed E-state index contributed by atoms with van der Waals surface area (Å²) >= 11 is 0. The average molecular weight is 301 g/mol. The Hall–Kier alpha value is -2.63. The molecule has 0 aliphatic rings. The number of hydrogen-bond donors (Lipinski definition) is 1. The molecule has 0 bridgehead atoms. The fraction of sp³-hybridized carbons (Fsp3) is 0.190. The predicted octanol–water partition coefficient (Wildman–Crippen LogP) is 4.74. The summed E-state index contributed by atoms with van der Waals surface area (Å²) in [5.41, 5.74) is 0.686. The molecule has 2 nitrogen and oxygen atoms in total. The van der Waals surface area contributed by atoms with E-state index in [-0.39, 0.29) is 0 Å². The summed E-state index contributed by atoms with van der Waals surface area (Å²) in [6.07, 6.45) is -0.328. The summed E-state index contributed by atoms with van der Waals surface area (Å²) in [5.74, 6) is 0. The molecule has 0 fully saturated rings. The van der Waals surface area contributed by atoms with Crippen LogP contribution in [0.3, 0.4) is 0 Å². The van der Waals surface area contributed by atoms with Crippen LogP contribution in [0.4, 0.5) is 0 Å². The molecule has 0 amide bonds. The summed E-state index contributed by atoms with van der Waals surface area (Å²) in [4.78, 5) is 0. The molecule has 0 spiro atoms. The van der Waals surface area contributed by atoms with E-state index in [1.807, 2.05) is 79.7 Å². The first-order valence-corrected chi connectivity index (χ1v) is 7.85. The Morgan fingerprint density at radius 2 is 1.61 bits per heavy atom. The van der Waals surface area contributed by atoms with E-state index >= 15 is 0 Å². The van der Waals surface area contributed by atoms with Crippen LogP contribution in [0.1, 0.15) is 30.6 Å². The third-order valence-corrected chi connectivity index (χ3v) is 4.60. The van der Waals surface area contributed by atoms with Gasteiger partial charge in [0.2, 0.25) is 0 Å². The van der Waals surface area contributed by atoms with E-state index in [2.05, 4.69) is 6.07 Å². The molecule has 0 aromatic heterocycles. The zero-order chi connectivity index (χ0) is 16.3. The Bertz CT molecular complexity index is 850. The van der Waals surface area contributed by atoms with Crippen molar-refractivity contribution >= 4 is 10.8 Å². The molecule has 0 saturated heterocycles. The van der Waals surface area contributed by atoms with Crippen LogP contribution in [0.15, 0.2) is 72.8 Å². The number of nitriles is 1. The van der Waals surface area contributed by atoms with E-state index in [0.717, 1.165) is 21.9 Å². The largest absolute Gasteiger partial charge is 0.386 e. The summed E-state index contributed by atoms with van der Waals surface area (Å²) in [7, 11) is 0. The van der Waals surface area contributed by atoms with Gasteiger partial charge < -0.3 is 5.11 Å². The fourth-order valence-electron chi connectivity index (χ4n) is 3.16. The van der Waals surface area contributed by atoms with Gasteiger partial charge in [-0.2, -0.15) is 5.26 Å². The standard InChI is InChI=1S/C21H19NO/c1-2-21(15-22,19-10-4-3-5-11-19)20(23)18-13-12-16-8-6-7-9-17(16)14-18/h3-14,20,23H,2H2,1H3/t20-,21-/m0/s1. The van der Waals surface area contributed by atoms with E-state index in [1.165, 1.54) is 0 Å². The summed E-state index contributed by atoms with van der Waals surface area (Å²) < 4.78 is 0. The molecular weight excluding hydrogens is 282 g/mol. The maximum Gasteiger partial charge on any atom is 0.112 e. The zero-order valence-corrected chi connectivity index (χ0v) is 13.1. The monoisotopic (exact) mass is 301 g/mol. The van der Waals surface area contributed by atoms with Crippen LogP contribution in [0, 0.1) is 11.3 Å². The van der Waals surface area contributed by atoms with Crippen molar-refractivity contribution in [1.29, 1.82) is 5.26 Å². The van der Waals surface area contributed by atoms with Gasteiger partial charge >= 0.3 is 0 Å². The van der Waals surface area contributed by atoms with Crippen molar-refractivity contribution in [3.63, 3.8) is 0 Å². The van der Waals surface area contributed by atoms with Crippen molar-refractivity contribution in [2.45, 2.75) is 24.9 Å². The van der Waals surface area contributed by atoms with E-state index in [1.54, 1.807) is 0 Å². The van der Waals surface area contributed by atoms with Crippen molar-refractivity contribution in [1.82, 2.24) is 0 Å². The Labute approximate surface area is 136 Å². The van der Waals surface area contributed by atoms with Crippen molar-refractivity contribution in [3.05, 3.63) is 83.9 Å². The molecule has 0 aliphatic heterocycles. The first-order chi connectivity index (χ1) is 11.2. The highest BCUT2D eigenvalue weighted by atomic mass is 16.3. The van der Waals surface area contributed by atoms with E-state index < -0.39 is 11.5 Å². The van der Waals surface area contributed by atoms with Gasteiger partial charge in [0, 0.05) is 0 Å². The van der Waals surface area contributed by atoms with Crippen LogP contribution in [-0.4, -0.2) is 5.11 Å². The summed E-state index contributed by atoms with van der Waals surface area (Å²) in [6, 6.07) is 25.9. The Morgan fingerprint density at radius 3 is 2.26 bits per heavy atom. The molecule has 0 aliphatic carbocycles. The number of nitrogens with zero attached hydrogens (tertiary/aromatic N) is 1. The quantitative estimate of drug-likeness (QED) is 0.756. The van der Waals surface area contributed by atoms with E-state index in [9.17, 15) is 10.4 Å². The number of aliphatic hydroxyl groups excluding tert-OH is 1. The minimum atomic E-state index is -0.941. The summed E-state index contributed by atoms with van der Waals surface area (Å²) in [5, 5.41) is 23.1. The van der Waals surface area contributed by atoms with Crippen molar-refractivity contribution in [2.24, 2.45) is 0 Å². The van der Waals surface area contributed by atoms with Crippen LogP contribution in [0.2, 0.25) is 0 Å². The predicted molar refractivity (Wildman–Crippen MR) is 92.9 cm³/mol. The van der Waals surface area contributed by atoms with Crippen LogP contribution in [0.25, 0.3) is 10.8 Å². The lowest BCUT2D eigenvalue weighted by Crippen LogP contribution is -2.31. The minimum absolute atomic E-state index is 0.543. The van der Waals surface area contributed by atoms with E-state index in [0.29, 0.717) is 6.42 Å². The van der Waals surface area contributed by atoms with Crippen LogP contribution in [-0.2, 0) is 5.41 Å². The molecule has 0 saturated carbocycles. The van der Waals surface area contributed by atoms with Gasteiger partial charge in [-0.1, -0.05) is 73.7 Å². The Kier molecular flexibility index (Phi) is 4.14. The highest BCUT2D eigenvalue weighted by Crippen LogP contribution is 2.40. The number of hydrogen-bond acceptors (Lipinski definition) is 2. The molecule has 3 aromatic carbocycles. The molecule has 0 unspecified atom stereocenters. The van der Waals surface area contributed by atoms with Gasteiger partial charge in [0.25, 0.3) is 0 Å². The lowest BCUT2D eigenvalue weighted by Gasteiger charge is -2.31. The smallest absolute Gasteiger partial charge is 0.112 e. The lowest BCUT2D eigenvalue weighted by atomic mass is 9.72. The second-order valence-electron chi connectivity index (χ2n) is 5.81. The van der Waals surface area contributed by atoms with Gasteiger partial charge in [-0.25, -0.2) is 0 Å². The molecule has 2 atom stereocenters. The first kappa shape index (κ1) is 15.3. The second kappa shape index (κ2) is 6.24. The molecule has 2 heteroatoms. The van der Waals surface area contributed by atoms with Gasteiger partial charge in [-0.3, -0.25) is 0 Å². The number of rotatable bonds is 4. The van der Waals surface area contributed by atoms with Crippen LogP contribution in [0.5, 0.6) is 0 Å². The third kappa shape index (κ3) is 2.60. The van der Waals surface area contributed by atoms with Gasteiger partial charge in [0.1, 0.15) is 11.5 Å². The minimum Gasteiger partial charge on any atom is -0.386 e. The normalized spacial score (nSPS) is 14.8. The molecule has 23 heavy (non-hydrogen) atoms. The molecule has 0 radical (unpaired) electrons. The Morgan fingerprint density at radius 1 is 0.957 bits per heavy atom. The molecule has 3 rings (SSSR count). The number of aliphatic hydroxyl groups is 1. The van der Waals surface area contributed by atoms with Crippen molar-refractivity contribution in [3.8, 4) is 6.07 Å². The molecule has 114 valence electrons. The van der Waals surface area contributed by atoms with Crippen LogP contribution < -0.4 is 0 Å². The van der Waals surface area contributed by atoms with Gasteiger partial charge in [0.15, 0.2) is 0 Å². The highest BCUT2D eigenvalue weighted by molar-refractivity contribution is 5.83. The van der Waals surface area contributed by atoms with E-state index in [4.69, 9.17) is 0 Å². The highest BCUT2D eigenvalue weighted by Gasteiger charge is 2.39. The van der Waals surface area contributed by atoms with Crippen molar-refractivity contribution in [2.75, 3.05) is 0 Å². The summed E-state index contributed by atoms with van der Waals surface area (Å²) in [6.45, 7) is 1.94. The van der Waals surface area contributed by atoms with Gasteiger partial charge in [-0.15, -0.1) is 0 Å². The lowest BCUT2D eigenvalue weighted by molar-refractivity contribution is 0.108.